The van der Waals surface area contributed by atoms with Crippen LogP contribution >= 0.6 is 0 Å². The number of nitrogens with one attached hydrogen (secondary N) is 1. The number of carbonyl (C=O) groups excluding carboxylic acids is 1. The Morgan fingerprint density at radius 1 is 1.07 bits per heavy atom. The lowest BCUT2D eigenvalue weighted by Crippen LogP contribution is -2.16. The van der Waals surface area contributed by atoms with Crippen molar-refractivity contribution in [3.8, 4) is 11.5 Å². The number of anilines is 1. The number of imidazole rings is 1. The topological polar surface area (TPSA) is 69.0 Å². The van der Waals surface area contributed by atoms with E-state index in [0.29, 0.717) is 29.6 Å². The highest BCUT2D eigenvalue weighted by Crippen LogP contribution is 2.26. The molecule has 4 rings (SSSR count). The zero-order valence-electron chi connectivity index (χ0n) is 14.8. The molecule has 0 atom stereocenters. The van der Waals surface area contributed by atoms with Gasteiger partial charge in [0.1, 0.15) is 11.5 Å². The molecule has 27 heavy (non-hydrogen) atoms. The van der Waals surface area contributed by atoms with Gasteiger partial charge in [0.25, 0.3) is 5.91 Å². The number of para-hydroxylation sites is 3. The molecule has 2 aromatic heterocycles. The largest absolute Gasteiger partial charge is 0.455 e. The third kappa shape index (κ3) is 3.37. The van der Waals surface area contributed by atoms with Crippen LogP contribution in [0, 0.1) is 0 Å². The van der Waals surface area contributed by atoms with Crippen molar-refractivity contribution in [3.63, 3.8) is 0 Å². The molecule has 0 spiro atoms. The predicted octanol–water partition coefficient (Wildman–Crippen LogP) is 4.50. The molecule has 0 saturated carbocycles. The highest BCUT2D eigenvalue weighted by atomic mass is 16.5. The average molecular weight is 358 g/mol. The Labute approximate surface area is 156 Å². The highest BCUT2D eigenvalue weighted by Gasteiger charge is 2.17. The zero-order valence-corrected chi connectivity index (χ0v) is 14.8. The summed E-state index contributed by atoms with van der Waals surface area (Å²) in [5.41, 5.74) is 2.25. The third-order valence-corrected chi connectivity index (χ3v) is 4.19. The molecule has 0 bridgehead atoms. The van der Waals surface area contributed by atoms with Gasteiger partial charge in [-0.2, -0.15) is 0 Å². The van der Waals surface area contributed by atoms with Gasteiger partial charge >= 0.3 is 0 Å². The molecule has 0 aliphatic rings. The minimum absolute atomic E-state index is 0.278. The first kappa shape index (κ1) is 16.8. The van der Waals surface area contributed by atoms with Crippen LogP contribution in [0.1, 0.15) is 17.3 Å². The summed E-state index contributed by atoms with van der Waals surface area (Å²) in [6.45, 7) is 2.72. The number of rotatable bonds is 5. The molecule has 0 saturated heterocycles. The summed E-state index contributed by atoms with van der Waals surface area (Å²) in [4.78, 5) is 21.5. The maximum absolute atomic E-state index is 12.9. The number of carbonyl (C=O) groups is 1. The molecule has 0 unspecified atom stereocenters. The number of pyridine rings is 1. The van der Waals surface area contributed by atoms with E-state index in [1.807, 2.05) is 41.8 Å². The highest BCUT2D eigenvalue weighted by molar-refractivity contribution is 6.06. The summed E-state index contributed by atoms with van der Waals surface area (Å²) in [5, 5.41) is 2.91. The number of benzene rings is 2. The minimum atomic E-state index is -0.278. The summed E-state index contributed by atoms with van der Waals surface area (Å²) < 4.78 is 7.80. The van der Waals surface area contributed by atoms with Gasteiger partial charge in [-0.05, 0) is 43.3 Å². The number of hydrogen-bond donors (Lipinski definition) is 1. The quantitative estimate of drug-likeness (QED) is 0.570. The van der Waals surface area contributed by atoms with E-state index in [4.69, 9.17) is 4.74 Å². The lowest BCUT2D eigenvalue weighted by molar-refractivity contribution is 0.102. The number of amides is 1. The Balaban J connectivity index is 1.64. The number of aromatic nitrogens is 3. The molecule has 134 valence electrons. The van der Waals surface area contributed by atoms with Crippen LogP contribution in [0.5, 0.6) is 11.5 Å². The van der Waals surface area contributed by atoms with Crippen molar-refractivity contribution in [2.75, 3.05) is 5.32 Å². The van der Waals surface area contributed by atoms with Crippen molar-refractivity contribution in [1.29, 1.82) is 0 Å². The fraction of sp³-hybridized carbons (Fsp3) is 0.0952. The maximum Gasteiger partial charge on any atom is 0.261 e. The van der Waals surface area contributed by atoms with Crippen LogP contribution in [-0.2, 0) is 6.54 Å². The molecule has 0 aliphatic carbocycles. The summed E-state index contributed by atoms with van der Waals surface area (Å²) in [6.07, 6.45) is 3.27. The molecule has 1 amide bonds. The van der Waals surface area contributed by atoms with Crippen LogP contribution in [0.3, 0.4) is 0 Å². The number of aryl methyl sites for hydroxylation is 1. The van der Waals surface area contributed by atoms with Gasteiger partial charge in [0.2, 0.25) is 5.95 Å². The molecule has 1 N–H and O–H groups in total. The second kappa shape index (κ2) is 7.29. The van der Waals surface area contributed by atoms with E-state index in [1.165, 1.54) is 0 Å². The SMILES string of the molecule is CCn1c(NC(=O)c2ccccc2Oc2cccnc2)nc2ccccc21. The van der Waals surface area contributed by atoms with E-state index in [1.54, 1.807) is 42.7 Å². The smallest absolute Gasteiger partial charge is 0.261 e. The summed E-state index contributed by atoms with van der Waals surface area (Å²) >= 11 is 0. The first-order valence-electron chi connectivity index (χ1n) is 8.70. The average Bonchev–Trinajstić information content (AvgIpc) is 3.06. The fourth-order valence-corrected chi connectivity index (χ4v) is 2.94. The first-order valence-corrected chi connectivity index (χ1v) is 8.70. The van der Waals surface area contributed by atoms with Gasteiger partial charge in [-0.3, -0.25) is 15.1 Å². The lowest BCUT2D eigenvalue weighted by atomic mass is 10.2. The van der Waals surface area contributed by atoms with Gasteiger partial charge in [-0.25, -0.2) is 4.98 Å². The van der Waals surface area contributed by atoms with E-state index >= 15 is 0 Å². The summed E-state index contributed by atoms with van der Waals surface area (Å²) in [6, 6.07) is 18.5. The minimum Gasteiger partial charge on any atom is -0.455 e. The first-order chi connectivity index (χ1) is 13.3. The van der Waals surface area contributed by atoms with Crippen molar-refractivity contribution in [3.05, 3.63) is 78.6 Å². The van der Waals surface area contributed by atoms with Crippen molar-refractivity contribution in [2.45, 2.75) is 13.5 Å². The van der Waals surface area contributed by atoms with Gasteiger partial charge < -0.3 is 9.30 Å². The predicted molar refractivity (Wildman–Crippen MR) is 104 cm³/mol. The fourth-order valence-electron chi connectivity index (χ4n) is 2.94. The van der Waals surface area contributed by atoms with E-state index in [-0.39, 0.29) is 5.91 Å². The number of fused-ring (bicyclic) bond motifs is 1. The standard InChI is InChI=1S/C21H18N4O2/c1-2-25-18-11-5-4-10-17(18)23-21(25)24-20(26)16-9-3-6-12-19(16)27-15-8-7-13-22-14-15/h3-14H,2H2,1H3,(H,23,24,26). The Morgan fingerprint density at radius 2 is 1.89 bits per heavy atom. The monoisotopic (exact) mass is 358 g/mol. The maximum atomic E-state index is 12.9. The molecule has 0 radical (unpaired) electrons. The normalized spacial score (nSPS) is 10.7. The van der Waals surface area contributed by atoms with Crippen LogP contribution in [0.25, 0.3) is 11.0 Å². The van der Waals surface area contributed by atoms with Crippen LogP contribution in [0.2, 0.25) is 0 Å². The zero-order chi connectivity index (χ0) is 18.6. The Kier molecular flexibility index (Phi) is 4.53. The van der Waals surface area contributed by atoms with E-state index in [9.17, 15) is 4.79 Å². The van der Waals surface area contributed by atoms with Crippen LogP contribution in [0.4, 0.5) is 5.95 Å². The number of nitrogens with zero attached hydrogens (tertiary/aromatic N) is 3. The van der Waals surface area contributed by atoms with Gasteiger partial charge in [0, 0.05) is 12.7 Å². The van der Waals surface area contributed by atoms with E-state index in [0.717, 1.165) is 11.0 Å². The molecule has 6 heteroatoms. The molecule has 2 aromatic carbocycles. The van der Waals surface area contributed by atoms with Gasteiger partial charge in [0.15, 0.2) is 0 Å². The summed E-state index contributed by atoms with van der Waals surface area (Å²) in [5.74, 6) is 1.26. The van der Waals surface area contributed by atoms with Gasteiger partial charge in [-0.15, -0.1) is 0 Å². The van der Waals surface area contributed by atoms with Crippen molar-refractivity contribution in [1.82, 2.24) is 14.5 Å². The van der Waals surface area contributed by atoms with Gasteiger partial charge in [0.05, 0.1) is 22.8 Å². The second-order valence-electron chi connectivity index (χ2n) is 5.91. The van der Waals surface area contributed by atoms with Crippen LogP contribution < -0.4 is 10.1 Å². The molecule has 0 fully saturated rings. The Hall–Kier alpha value is -3.67. The molecule has 6 nitrogen and oxygen atoms in total. The number of hydrogen-bond acceptors (Lipinski definition) is 4. The third-order valence-electron chi connectivity index (χ3n) is 4.19. The Bertz CT molecular complexity index is 1090. The molecular weight excluding hydrogens is 340 g/mol. The molecule has 0 aliphatic heterocycles. The number of ether oxygens (including phenoxy) is 1. The van der Waals surface area contributed by atoms with Gasteiger partial charge in [-0.1, -0.05) is 24.3 Å². The van der Waals surface area contributed by atoms with Crippen LogP contribution in [-0.4, -0.2) is 20.4 Å². The Morgan fingerprint density at radius 3 is 2.70 bits per heavy atom. The van der Waals surface area contributed by atoms with Crippen molar-refractivity contribution < 1.29 is 9.53 Å². The van der Waals surface area contributed by atoms with E-state index < -0.39 is 0 Å². The summed E-state index contributed by atoms with van der Waals surface area (Å²) in [7, 11) is 0. The molecular formula is C21H18N4O2. The van der Waals surface area contributed by atoms with E-state index in [2.05, 4.69) is 15.3 Å². The molecule has 2 heterocycles. The molecule has 4 aromatic rings. The van der Waals surface area contributed by atoms with Crippen molar-refractivity contribution >= 4 is 22.9 Å². The lowest BCUT2D eigenvalue weighted by Gasteiger charge is -2.11. The van der Waals surface area contributed by atoms with Crippen molar-refractivity contribution in [2.24, 2.45) is 0 Å². The van der Waals surface area contributed by atoms with Crippen LogP contribution in [0.15, 0.2) is 73.1 Å². The second-order valence-corrected chi connectivity index (χ2v) is 5.91.